The Morgan fingerprint density at radius 3 is 2.77 bits per heavy atom. The van der Waals surface area contributed by atoms with Gasteiger partial charge in [0.25, 0.3) is 0 Å². The standard InChI is InChI=1S/C8H6FNO3/c9-7-2-1-6(10-8(12)13)3-5(7)4-11/h1-4,10H,(H,12,13). The molecule has 0 atom stereocenters. The van der Waals surface area contributed by atoms with E-state index in [1.807, 2.05) is 5.32 Å². The molecule has 0 aliphatic heterocycles. The van der Waals surface area contributed by atoms with Gasteiger partial charge in [0.1, 0.15) is 5.82 Å². The molecule has 1 aromatic rings. The number of amides is 1. The molecule has 1 aromatic carbocycles. The molecule has 0 radical (unpaired) electrons. The number of hydrogen-bond donors (Lipinski definition) is 2. The summed E-state index contributed by atoms with van der Waals surface area (Å²) in [5.41, 5.74) is -0.0118. The first-order valence-electron chi connectivity index (χ1n) is 3.38. The summed E-state index contributed by atoms with van der Waals surface area (Å²) in [5.74, 6) is -0.675. The predicted molar refractivity (Wildman–Crippen MR) is 43.4 cm³/mol. The van der Waals surface area contributed by atoms with Crippen LogP contribution in [0.15, 0.2) is 18.2 Å². The summed E-state index contributed by atoms with van der Waals surface area (Å²) in [5, 5.41) is 10.3. The highest BCUT2D eigenvalue weighted by Gasteiger charge is 2.03. The number of carboxylic acid groups (broad SMARTS) is 1. The van der Waals surface area contributed by atoms with Crippen molar-refractivity contribution in [2.45, 2.75) is 0 Å². The van der Waals surface area contributed by atoms with E-state index in [1.165, 1.54) is 6.07 Å². The summed E-state index contributed by atoms with van der Waals surface area (Å²) >= 11 is 0. The maximum Gasteiger partial charge on any atom is 0.409 e. The van der Waals surface area contributed by atoms with E-state index in [4.69, 9.17) is 5.11 Å². The van der Waals surface area contributed by atoms with E-state index in [2.05, 4.69) is 0 Å². The third-order valence-corrected chi connectivity index (χ3v) is 1.37. The van der Waals surface area contributed by atoms with Gasteiger partial charge in [-0.2, -0.15) is 0 Å². The number of nitrogens with one attached hydrogen (secondary N) is 1. The SMILES string of the molecule is O=Cc1cc(NC(=O)O)ccc1F. The fraction of sp³-hybridized carbons (Fsp3) is 0. The highest BCUT2D eigenvalue weighted by Crippen LogP contribution is 2.12. The second kappa shape index (κ2) is 3.66. The molecule has 68 valence electrons. The lowest BCUT2D eigenvalue weighted by atomic mass is 10.2. The van der Waals surface area contributed by atoms with Crippen LogP contribution in [0.4, 0.5) is 14.9 Å². The Kier molecular flexibility index (Phi) is 2.59. The number of hydrogen-bond acceptors (Lipinski definition) is 2. The second-order valence-corrected chi connectivity index (χ2v) is 2.28. The van der Waals surface area contributed by atoms with Crippen molar-refractivity contribution in [2.24, 2.45) is 0 Å². The summed E-state index contributed by atoms with van der Waals surface area (Å²) in [4.78, 5) is 20.4. The first-order chi connectivity index (χ1) is 6.13. The van der Waals surface area contributed by atoms with Crippen LogP contribution in [0.25, 0.3) is 0 Å². The van der Waals surface area contributed by atoms with Crippen LogP contribution in [0.1, 0.15) is 10.4 Å². The third kappa shape index (κ3) is 2.26. The van der Waals surface area contributed by atoms with Gasteiger partial charge < -0.3 is 5.11 Å². The van der Waals surface area contributed by atoms with Crippen LogP contribution in [0.2, 0.25) is 0 Å². The van der Waals surface area contributed by atoms with Gasteiger partial charge in [-0.05, 0) is 18.2 Å². The topological polar surface area (TPSA) is 66.4 Å². The Bertz CT molecular complexity index is 351. The molecule has 0 saturated heterocycles. The number of aldehydes is 1. The van der Waals surface area contributed by atoms with Crippen molar-refractivity contribution in [2.75, 3.05) is 5.32 Å². The molecule has 0 aliphatic rings. The Morgan fingerprint density at radius 1 is 1.54 bits per heavy atom. The van der Waals surface area contributed by atoms with E-state index in [-0.39, 0.29) is 11.3 Å². The lowest BCUT2D eigenvalue weighted by molar-refractivity contribution is 0.111. The van der Waals surface area contributed by atoms with Crippen molar-refractivity contribution >= 4 is 18.1 Å². The van der Waals surface area contributed by atoms with Crippen LogP contribution in [0.3, 0.4) is 0 Å². The van der Waals surface area contributed by atoms with E-state index in [9.17, 15) is 14.0 Å². The molecular formula is C8H6FNO3. The quantitative estimate of drug-likeness (QED) is 0.686. The van der Waals surface area contributed by atoms with Crippen LogP contribution in [0, 0.1) is 5.82 Å². The Labute approximate surface area is 73.0 Å². The highest BCUT2D eigenvalue weighted by atomic mass is 19.1. The minimum atomic E-state index is -1.26. The summed E-state index contributed by atoms with van der Waals surface area (Å²) in [7, 11) is 0. The van der Waals surface area contributed by atoms with E-state index < -0.39 is 11.9 Å². The largest absolute Gasteiger partial charge is 0.465 e. The molecule has 0 fully saturated rings. The van der Waals surface area contributed by atoms with Crippen molar-refractivity contribution < 1.29 is 19.1 Å². The molecule has 0 bridgehead atoms. The molecule has 2 N–H and O–H groups in total. The van der Waals surface area contributed by atoms with Crippen molar-refractivity contribution in [3.05, 3.63) is 29.6 Å². The van der Waals surface area contributed by atoms with Crippen LogP contribution in [-0.4, -0.2) is 17.5 Å². The van der Waals surface area contributed by atoms with E-state index in [0.29, 0.717) is 6.29 Å². The Morgan fingerprint density at radius 2 is 2.23 bits per heavy atom. The molecule has 0 spiro atoms. The van der Waals surface area contributed by atoms with Crippen molar-refractivity contribution in [1.82, 2.24) is 0 Å². The van der Waals surface area contributed by atoms with Crippen molar-refractivity contribution in [3.8, 4) is 0 Å². The van der Waals surface area contributed by atoms with Crippen LogP contribution in [0.5, 0.6) is 0 Å². The maximum atomic E-state index is 12.7. The van der Waals surface area contributed by atoms with Gasteiger partial charge in [-0.3, -0.25) is 10.1 Å². The minimum Gasteiger partial charge on any atom is -0.465 e. The molecule has 5 heteroatoms. The lowest BCUT2D eigenvalue weighted by Crippen LogP contribution is -2.07. The number of carbonyl (C=O) groups is 2. The zero-order chi connectivity index (χ0) is 9.84. The normalized spacial score (nSPS) is 9.31. The summed E-state index contributed by atoms with van der Waals surface area (Å²) < 4.78 is 12.7. The smallest absolute Gasteiger partial charge is 0.409 e. The van der Waals surface area contributed by atoms with E-state index in [1.54, 1.807) is 0 Å². The third-order valence-electron chi connectivity index (χ3n) is 1.37. The molecule has 1 amide bonds. The number of rotatable bonds is 2. The van der Waals surface area contributed by atoms with Crippen LogP contribution >= 0.6 is 0 Å². The summed E-state index contributed by atoms with van der Waals surface area (Å²) in [6, 6.07) is 3.38. The fourth-order valence-electron chi connectivity index (χ4n) is 0.835. The molecule has 0 aliphatic carbocycles. The maximum absolute atomic E-state index is 12.7. The zero-order valence-corrected chi connectivity index (χ0v) is 6.45. The first kappa shape index (κ1) is 9.18. The van der Waals surface area contributed by atoms with Gasteiger partial charge in [-0.15, -0.1) is 0 Å². The molecule has 13 heavy (non-hydrogen) atoms. The van der Waals surface area contributed by atoms with Gasteiger partial charge >= 0.3 is 6.09 Å². The molecule has 4 nitrogen and oxygen atoms in total. The molecule has 0 saturated carbocycles. The number of carbonyl (C=O) groups excluding carboxylic acids is 1. The zero-order valence-electron chi connectivity index (χ0n) is 6.45. The minimum absolute atomic E-state index is 0.163. The number of halogens is 1. The Hall–Kier alpha value is -1.91. The van der Waals surface area contributed by atoms with E-state index in [0.717, 1.165) is 12.1 Å². The van der Waals surface area contributed by atoms with Gasteiger partial charge in [0.05, 0.1) is 5.56 Å². The van der Waals surface area contributed by atoms with Gasteiger partial charge in [0, 0.05) is 5.69 Å². The Balaban J connectivity index is 2.99. The average molecular weight is 183 g/mol. The summed E-state index contributed by atoms with van der Waals surface area (Å²) in [6.07, 6.45) is -0.939. The van der Waals surface area contributed by atoms with E-state index >= 15 is 0 Å². The first-order valence-corrected chi connectivity index (χ1v) is 3.38. The lowest BCUT2D eigenvalue weighted by Gasteiger charge is -2.01. The average Bonchev–Trinajstić information content (AvgIpc) is 2.07. The van der Waals surface area contributed by atoms with Gasteiger partial charge in [0.15, 0.2) is 6.29 Å². The molecule has 0 unspecified atom stereocenters. The molecular weight excluding hydrogens is 177 g/mol. The second-order valence-electron chi connectivity index (χ2n) is 2.28. The number of benzene rings is 1. The molecule has 1 rings (SSSR count). The summed E-state index contributed by atoms with van der Waals surface area (Å²) in [6.45, 7) is 0. The van der Waals surface area contributed by atoms with Crippen LogP contribution < -0.4 is 5.32 Å². The monoisotopic (exact) mass is 183 g/mol. The van der Waals surface area contributed by atoms with Gasteiger partial charge in [-0.25, -0.2) is 9.18 Å². The molecule has 0 heterocycles. The van der Waals surface area contributed by atoms with Gasteiger partial charge in [0.2, 0.25) is 0 Å². The van der Waals surface area contributed by atoms with Crippen molar-refractivity contribution in [3.63, 3.8) is 0 Å². The molecule has 0 aromatic heterocycles. The fourth-order valence-corrected chi connectivity index (χ4v) is 0.835. The van der Waals surface area contributed by atoms with Gasteiger partial charge in [-0.1, -0.05) is 0 Å². The van der Waals surface area contributed by atoms with Crippen molar-refractivity contribution in [1.29, 1.82) is 0 Å². The predicted octanol–water partition coefficient (Wildman–Crippen LogP) is 1.73. The number of anilines is 1. The van der Waals surface area contributed by atoms with Crippen LogP contribution in [-0.2, 0) is 0 Å². The highest BCUT2D eigenvalue weighted by molar-refractivity contribution is 5.85.